The van der Waals surface area contributed by atoms with E-state index in [1.807, 2.05) is 6.92 Å². The van der Waals surface area contributed by atoms with Gasteiger partial charge in [-0.1, -0.05) is 40.2 Å². The maximum Gasteiger partial charge on any atom is 0.338 e. The highest BCUT2D eigenvalue weighted by molar-refractivity contribution is 5.95. The quantitative estimate of drug-likeness (QED) is 0.503. The van der Waals surface area contributed by atoms with E-state index in [2.05, 4.69) is 20.8 Å². The highest BCUT2D eigenvalue weighted by Crippen LogP contribution is 2.38. The van der Waals surface area contributed by atoms with Crippen molar-refractivity contribution in [2.75, 3.05) is 6.61 Å². The number of hydrogen-bond donors (Lipinski definition) is 0. The number of rotatable bonds is 6. The molecule has 1 fully saturated rings. The summed E-state index contributed by atoms with van der Waals surface area (Å²) in [5.41, 5.74) is 1.11. The Balaban J connectivity index is 1.90. The van der Waals surface area contributed by atoms with Gasteiger partial charge in [0.25, 0.3) is 0 Å². The van der Waals surface area contributed by atoms with Gasteiger partial charge in [-0.25, -0.2) is 9.59 Å². The van der Waals surface area contributed by atoms with Crippen LogP contribution in [0.1, 0.15) is 86.9 Å². The molecule has 0 unspecified atom stereocenters. The third kappa shape index (κ3) is 5.86. The van der Waals surface area contributed by atoms with Crippen molar-refractivity contribution in [1.82, 2.24) is 0 Å². The van der Waals surface area contributed by atoms with Gasteiger partial charge in [-0.3, -0.25) is 0 Å². The first-order valence-electron chi connectivity index (χ1n) is 9.79. The SMILES string of the molecule is CCCCOC(=O)c1cccc(C(=O)OC2CCC(C(C)(C)C)CC2)c1. The fourth-order valence-corrected chi connectivity index (χ4v) is 3.43. The molecule has 2 rings (SSSR count). The van der Waals surface area contributed by atoms with Crippen molar-refractivity contribution in [2.45, 2.75) is 72.3 Å². The van der Waals surface area contributed by atoms with Gasteiger partial charge >= 0.3 is 11.9 Å². The number of benzene rings is 1. The normalized spacial score (nSPS) is 20.5. The van der Waals surface area contributed by atoms with E-state index in [4.69, 9.17) is 9.47 Å². The second-order valence-electron chi connectivity index (χ2n) is 8.32. The topological polar surface area (TPSA) is 52.6 Å². The number of carbonyl (C=O) groups is 2. The maximum absolute atomic E-state index is 12.5. The molecule has 0 heterocycles. The Morgan fingerprint density at radius 2 is 1.65 bits per heavy atom. The van der Waals surface area contributed by atoms with Crippen LogP contribution in [0, 0.1) is 11.3 Å². The molecule has 0 saturated heterocycles. The molecule has 4 heteroatoms. The van der Waals surface area contributed by atoms with E-state index in [0.29, 0.717) is 29.1 Å². The zero-order valence-electron chi connectivity index (χ0n) is 16.5. The highest BCUT2D eigenvalue weighted by Gasteiger charge is 2.31. The lowest BCUT2D eigenvalue weighted by molar-refractivity contribution is 0.00929. The summed E-state index contributed by atoms with van der Waals surface area (Å²) < 4.78 is 10.9. The van der Waals surface area contributed by atoms with E-state index in [1.165, 1.54) is 0 Å². The molecular weight excluding hydrogens is 328 g/mol. The van der Waals surface area contributed by atoms with Crippen LogP contribution in [0.3, 0.4) is 0 Å². The summed E-state index contributed by atoms with van der Waals surface area (Å²) in [6, 6.07) is 6.62. The van der Waals surface area contributed by atoms with Crippen LogP contribution in [0.5, 0.6) is 0 Å². The van der Waals surface area contributed by atoms with Crippen molar-refractivity contribution >= 4 is 11.9 Å². The third-order valence-corrected chi connectivity index (χ3v) is 5.24. The zero-order valence-corrected chi connectivity index (χ0v) is 16.5. The number of ether oxygens (including phenoxy) is 2. The molecule has 1 saturated carbocycles. The Morgan fingerprint density at radius 3 is 2.23 bits per heavy atom. The molecule has 1 aromatic carbocycles. The standard InChI is InChI=1S/C22H32O4/c1-5-6-14-25-20(23)16-8-7-9-17(15-16)21(24)26-19-12-10-18(11-13-19)22(2,3)4/h7-9,15,18-19H,5-6,10-14H2,1-4H3. The van der Waals surface area contributed by atoms with E-state index in [-0.39, 0.29) is 12.1 Å². The number of esters is 2. The summed E-state index contributed by atoms with van der Waals surface area (Å²) in [6.45, 7) is 9.26. The summed E-state index contributed by atoms with van der Waals surface area (Å²) in [5, 5.41) is 0. The number of carbonyl (C=O) groups excluding carboxylic acids is 2. The van der Waals surface area contributed by atoms with Crippen molar-refractivity contribution in [3.8, 4) is 0 Å². The van der Waals surface area contributed by atoms with Gasteiger partial charge in [0.05, 0.1) is 17.7 Å². The number of hydrogen-bond acceptors (Lipinski definition) is 4. The molecule has 0 spiro atoms. The average Bonchev–Trinajstić information content (AvgIpc) is 2.61. The van der Waals surface area contributed by atoms with Crippen LogP contribution in [0.25, 0.3) is 0 Å². The van der Waals surface area contributed by atoms with Gasteiger partial charge in [0, 0.05) is 0 Å². The fourth-order valence-electron chi connectivity index (χ4n) is 3.43. The predicted molar refractivity (Wildman–Crippen MR) is 102 cm³/mol. The average molecular weight is 360 g/mol. The first kappa shape index (κ1) is 20.5. The third-order valence-electron chi connectivity index (χ3n) is 5.24. The van der Waals surface area contributed by atoms with Crippen molar-refractivity contribution in [3.05, 3.63) is 35.4 Å². The summed E-state index contributed by atoms with van der Waals surface area (Å²) in [5.74, 6) is -0.0649. The van der Waals surface area contributed by atoms with Crippen molar-refractivity contribution in [1.29, 1.82) is 0 Å². The van der Waals surface area contributed by atoms with Gasteiger partial charge in [-0.15, -0.1) is 0 Å². The Labute approximate surface area is 157 Å². The highest BCUT2D eigenvalue weighted by atomic mass is 16.5. The van der Waals surface area contributed by atoms with Crippen molar-refractivity contribution in [3.63, 3.8) is 0 Å². The monoisotopic (exact) mass is 360 g/mol. The van der Waals surface area contributed by atoms with E-state index in [9.17, 15) is 9.59 Å². The van der Waals surface area contributed by atoms with Crippen molar-refractivity contribution < 1.29 is 19.1 Å². The van der Waals surface area contributed by atoms with E-state index < -0.39 is 5.97 Å². The van der Waals surface area contributed by atoms with Crippen LogP contribution in [0.15, 0.2) is 24.3 Å². The van der Waals surface area contributed by atoms with Crippen LogP contribution in [-0.2, 0) is 9.47 Å². The van der Waals surface area contributed by atoms with Gasteiger partial charge < -0.3 is 9.47 Å². The second-order valence-corrected chi connectivity index (χ2v) is 8.32. The molecule has 144 valence electrons. The molecule has 4 nitrogen and oxygen atoms in total. The summed E-state index contributed by atoms with van der Waals surface area (Å²) in [6.07, 6.45) is 5.78. The molecular formula is C22H32O4. The molecule has 0 aliphatic heterocycles. The minimum atomic E-state index is -0.390. The summed E-state index contributed by atoms with van der Waals surface area (Å²) in [4.78, 5) is 24.5. The Morgan fingerprint density at radius 1 is 1.04 bits per heavy atom. The van der Waals surface area contributed by atoms with Gasteiger partial charge in [-0.2, -0.15) is 0 Å². The first-order chi connectivity index (χ1) is 12.3. The van der Waals surface area contributed by atoms with Crippen LogP contribution >= 0.6 is 0 Å². The molecule has 1 aromatic rings. The molecule has 0 radical (unpaired) electrons. The van der Waals surface area contributed by atoms with Crippen LogP contribution in [0.4, 0.5) is 0 Å². The zero-order chi connectivity index (χ0) is 19.2. The van der Waals surface area contributed by atoms with E-state index in [1.54, 1.807) is 24.3 Å². The van der Waals surface area contributed by atoms with E-state index >= 15 is 0 Å². The summed E-state index contributed by atoms with van der Waals surface area (Å²) >= 11 is 0. The van der Waals surface area contributed by atoms with Crippen LogP contribution < -0.4 is 0 Å². The first-order valence-corrected chi connectivity index (χ1v) is 9.79. The van der Waals surface area contributed by atoms with Gasteiger partial charge in [-0.05, 0) is 61.6 Å². The van der Waals surface area contributed by atoms with Crippen LogP contribution in [0.2, 0.25) is 0 Å². The van der Waals surface area contributed by atoms with Gasteiger partial charge in [0.1, 0.15) is 6.10 Å². The molecule has 1 aliphatic rings. The molecule has 0 atom stereocenters. The lowest BCUT2D eigenvalue weighted by atomic mass is 9.72. The largest absolute Gasteiger partial charge is 0.462 e. The fraction of sp³-hybridized carbons (Fsp3) is 0.636. The summed E-state index contributed by atoms with van der Waals surface area (Å²) in [7, 11) is 0. The number of unbranched alkanes of at least 4 members (excludes halogenated alkanes) is 1. The smallest absolute Gasteiger partial charge is 0.338 e. The van der Waals surface area contributed by atoms with Gasteiger partial charge in [0.2, 0.25) is 0 Å². The molecule has 0 amide bonds. The molecule has 26 heavy (non-hydrogen) atoms. The molecule has 0 N–H and O–H groups in total. The lowest BCUT2D eigenvalue weighted by Crippen LogP contribution is -2.30. The molecule has 0 bridgehead atoms. The Kier molecular flexibility index (Phi) is 7.24. The predicted octanol–water partition coefficient (Wildman–Crippen LogP) is 5.41. The van der Waals surface area contributed by atoms with E-state index in [0.717, 1.165) is 38.5 Å². The Bertz CT molecular complexity index is 607. The van der Waals surface area contributed by atoms with Gasteiger partial charge in [0.15, 0.2) is 0 Å². The Hall–Kier alpha value is -1.84. The minimum absolute atomic E-state index is 0.0266. The van der Waals surface area contributed by atoms with Crippen molar-refractivity contribution in [2.24, 2.45) is 11.3 Å². The maximum atomic E-state index is 12.5. The van der Waals surface area contributed by atoms with Crippen LogP contribution in [-0.4, -0.2) is 24.6 Å². The lowest BCUT2D eigenvalue weighted by Gasteiger charge is -2.36. The second kappa shape index (κ2) is 9.20. The minimum Gasteiger partial charge on any atom is -0.462 e. The molecule has 0 aromatic heterocycles. The molecule has 1 aliphatic carbocycles.